The zero-order valence-corrected chi connectivity index (χ0v) is 17.8. The second-order valence-electron chi connectivity index (χ2n) is 7.01. The lowest BCUT2D eigenvalue weighted by Gasteiger charge is -2.31. The molecule has 0 spiro atoms. The first-order valence-corrected chi connectivity index (χ1v) is 10.4. The van der Waals surface area contributed by atoms with Crippen LogP contribution >= 0.6 is 15.9 Å². The molecule has 29 heavy (non-hydrogen) atoms. The van der Waals surface area contributed by atoms with Gasteiger partial charge >= 0.3 is 11.9 Å². The molecule has 1 aliphatic carbocycles. The molecule has 0 amide bonds. The van der Waals surface area contributed by atoms with Crippen molar-refractivity contribution in [2.75, 3.05) is 13.2 Å². The third kappa shape index (κ3) is 3.06. The van der Waals surface area contributed by atoms with Crippen molar-refractivity contribution in [2.24, 2.45) is 5.41 Å². The normalized spacial score (nSPS) is 17.1. The minimum atomic E-state index is -1.52. The van der Waals surface area contributed by atoms with Crippen LogP contribution in [-0.4, -0.2) is 25.2 Å². The Labute approximate surface area is 177 Å². The van der Waals surface area contributed by atoms with Gasteiger partial charge in [-0.25, -0.2) is 0 Å². The maximum absolute atomic E-state index is 13.3. The maximum atomic E-state index is 13.3. The summed E-state index contributed by atoms with van der Waals surface area (Å²) in [4.78, 5) is 26.5. The van der Waals surface area contributed by atoms with Crippen molar-refractivity contribution in [3.8, 4) is 0 Å². The molecule has 3 aromatic rings. The third-order valence-electron chi connectivity index (χ3n) is 5.41. The quantitative estimate of drug-likeness (QED) is 0.399. The predicted molar refractivity (Wildman–Crippen MR) is 112 cm³/mol. The number of rotatable bonds is 5. The summed E-state index contributed by atoms with van der Waals surface area (Å²) >= 11 is 3.45. The van der Waals surface area contributed by atoms with Gasteiger partial charge in [-0.2, -0.15) is 0 Å². The van der Waals surface area contributed by atoms with Gasteiger partial charge in [-0.1, -0.05) is 46.3 Å². The van der Waals surface area contributed by atoms with Gasteiger partial charge in [-0.05, 0) is 37.6 Å². The van der Waals surface area contributed by atoms with E-state index in [0.29, 0.717) is 5.76 Å². The van der Waals surface area contributed by atoms with Crippen molar-refractivity contribution in [1.29, 1.82) is 0 Å². The molecule has 4 rings (SSSR count). The van der Waals surface area contributed by atoms with Gasteiger partial charge in [-0.3, -0.25) is 9.59 Å². The number of benzene rings is 2. The van der Waals surface area contributed by atoms with Crippen LogP contribution in [0, 0.1) is 5.41 Å². The molecule has 1 aliphatic rings. The van der Waals surface area contributed by atoms with E-state index in [0.717, 1.165) is 26.6 Å². The molecule has 2 aromatic carbocycles. The molecule has 0 saturated carbocycles. The van der Waals surface area contributed by atoms with Crippen LogP contribution in [0.2, 0.25) is 0 Å². The Balaban J connectivity index is 1.99. The molecule has 1 atom stereocenters. The number of ether oxygens (including phenoxy) is 2. The van der Waals surface area contributed by atoms with E-state index >= 15 is 0 Å². The summed E-state index contributed by atoms with van der Waals surface area (Å²) in [5.74, 6) is -1.10. The minimum Gasteiger partial charge on any atom is -0.465 e. The highest BCUT2D eigenvalue weighted by atomic mass is 79.9. The summed E-state index contributed by atoms with van der Waals surface area (Å²) < 4.78 is 17.8. The van der Waals surface area contributed by atoms with Crippen molar-refractivity contribution < 1.29 is 23.5 Å². The molecule has 5 nitrogen and oxygen atoms in total. The lowest BCUT2D eigenvalue weighted by atomic mass is 9.72. The number of esters is 2. The molecular weight excluding hydrogens is 436 g/mol. The van der Waals surface area contributed by atoms with Gasteiger partial charge in [0.25, 0.3) is 0 Å². The number of carbonyl (C=O) groups is 2. The smallest absolute Gasteiger partial charge is 0.324 e. The molecule has 0 saturated heterocycles. The summed E-state index contributed by atoms with van der Waals surface area (Å²) in [7, 11) is 0. The number of furan rings is 1. The van der Waals surface area contributed by atoms with E-state index in [9.17, 15) is 9.59 Å². The first kappa shape index (κ1) is 19.7. The highest BCUT2D eigenvalue weighted by molar-refractivity contribution is 9.10. The molecule has 0 radical (unpaired) electrons. The zero-order chi connectivity index (χ0) is 20.6. The van der Waals surface area contributed by atoms with Crippen molar-refractivity contribution in [1.82, 2.24) is 0 Å². The van der Waals surface area contributed by atoms with Crippen LogP contribution in [0.1, 0.15) is 36.7 Å². The fourth-order valence-electron chi connectivity index (χ4n) is 4.26. The lowest BCUT2D eigenvalue weighted by molar-refractivity contribution is -0.172. The molecule has 0 N–H and O–H groups in total. The second-order valence-corrected chi connectivity index (χ2v) is 7.92. The Morgan fingerprint density at radius 1 is 1.03 bits per heavy atom. The van der Waals surface area contributed by atoms with Gasteiger partial charge in [-0.15, -0.1) is 0 Å². The molecule has 150 valence electrons. The van der Waals surface area contributed by atoms with Crippen molar-refractivity contribution >= 4 is 38.8 Å². The number of carbonyl (C=O) groups excluding carboxylic acids is 2. The van der Waals surface area contributed by atoms with E-state index in [4.69, 9.17) is 13.9 Å². The molecule has 0 aliphatic heterocycles. The monoisotopic (exact) mass is 456 g/mol. The van der Waals surface area contributed by atoms with E-state index in [1.54, 1.807) is 13.8 Å². The number of para-hydroxylation sites is 1. The first-order chi connectivity index (χ1) is 14.0. The number of hydrogen-bond acceptors (Lipinski definition) is 5. The molecular formula is C23H21BrO5. The Morgan fingerprint density at radius 3 is 2.28 bits per heavy atom. The molecule has 1 heterocycles. The summed E-state index contributed by atoms with van der Waals surface area (Å²) in [6.45, 7) is 3.81. The molecule has 0 bridgehead atoms. The van der Waals surface area contributed by atoms with Crippen LogP contribution in [0.3, 0.4) is 0 Å². The summed E-state index contributed by atoms with van der Waals surface area (Å²) in [6.07, 6.45) is 0.107. The van der Waals surface area contributed by atoms with Crippen LogP contribution in [0.15, 0.2) is 57.4 Å². The topological polar surface area (TPSA) is 65.7 Å². The Kier molecular flexibility index (Phi) is 5.21. The van der Waals surface area contributed by atoms with Gasteiger partial charge in [0.15, 0.2) is 5.41 Å². The fourth-order valence-corrected chi connectivity index (χ4v) is 4.52. The number of halogens is 1. The Hall–Kier alpha value is -2.60. The average molecular weight is 457 g/mol. The highest BCUT2D eigenvalue weighted by Gasteiger charge is 2.62. The Morgan fingerprint density at radius 2 is 1.66 bits per heavy atom. The van der Waals surface area contributed by atoms with E-state index in [1.807, 2.05) is 48.5 Å². The summed E-state index contributed by atoms with van der Waals surface area (Å²) in [6, 6.07) is 15.3. The van der Waals surface area contributed by atoms with Gasteiger partial charge in [0.05, 0.1) is 13.2 Å². The van der Waals surface area contributed by atoms with Crippen molar-refractivity contribution in [3.05, 3.63) is 69.9 Å². The van der Waals surface area contributed by atoms with Gasteiger partial charge in [0, 0.05) is 27.8 Å². The predicted octanol–water partition coefficient (Wildman–Crippen LogP) is 5.00. The standard InChI is InChI=1S/C23H21BrO5/c1-3-27-21(25)23(22(26)28-4-2)13-18-19(16-7-5-6-8-17(16)29-18)20(23)14-9-11-15(24)12-10-14/h5-12,20H,3-4,13H2,1-2H3. The molecule has 0 fully saturated rings. The van der Waals surface area contributed by atoms with Crippen LogP contribution in [0.5, 0.6) is 0 Å². The van der Waals surface area contributed by atoms with Crippen LogP contribution in [-0.2, 0) is 25.5 Å². The Bertz CT molecular complexity index is 1050. The lowest BCUT2D eigenvalue weighted by Crippen LogP contribution is -2.46. The maximum Gasteiger partial charge on any atom is 0.324 e. The largest absolute Gasteiger partial charge is 0.465 e. The van der Waals surface area contributed by atoms with Crippen LogP contribution in [0.25, 0.3) is 11.0 Å². The SMILES string of the molecule is CCOC(=O)C1(C(=O)OCC)Cc2oc3ccccc3c2C1c1ccc(Br)cc1. The van der Waals surface area contributed by atoms with E-state index in [2.05, 4.69) is 15.9 Å². The second kappa shape index (κ2) is 7.67. The number of hydrogen-bond donors (Lipinski definition) is 0. The van der Waals surface area contributed by atoms with Crippen molar-refractivity contribution in [3.63, 3.8) is 0 Å². The van der Waals surface area contributed by atoms with Gasteiger partial charge in [0.1, 0.15) is 11.3 Å². The highest BCUT2D eigenvalue weighted by Crippen LogP contribution is 2.55. The van der Waals surface area contributed by atoms with E-state index in [-0.39, 0.29) is 19.6 Å². The van der Waals surface area contributed by atoms with E-state index < -0.39 is 23.3 Å². The van der Waals surface area contributed by atoms with Crippen LogP contribution < -0.4 is 0 Å². The first-order valence-electron chi connectivity index (χ1n) is 9.63. The van der Waals surface area contributed by atoms with Crippen molar-refractivity contribution in [2.45, 2.75) is 26.2 Å². The average Bonchev–Trinajstić information content (AvgIpc) is 3.23. The summed E-state index contributed by atoms with van der Waals surface area (Å²) in [5.41, 5.74) is 0.905. The fraction of sp³-hybridized carbons (Fsp3) is 0.304. The van der Waals surface area contributed by atoms with Gasteiger partial charge < -0.3 is 13.9 Å². The van der Waals surface area contributed by atoms with Gasteiger partial charge in [0.2, 0.25) is 0 Å². The van der Waals surface area contributed by atoms with E-state index in [1.165, 1.54) is 0 Å². The number of fused-ring (bicyclic) bond motifs is 3. The van der Waals surface area contributed by atoms with Crippen LogP contribution in [0.4, 0.5) is 0 Å². The third-order valence-corrected chi connectivity index (χ3v) is 5.94. The summed E-state index contributed by atoms with van der Waals surface area (Å²) in [5, 5.41) is 0.894. The molecule has 1 unspecified atom stereocenters. The molecule has 1 aromatic heterocycles. The zero-order valence-electron chi connectivity index (χ0n) is 16.2. The minimum absolute atomic E-state index is 0.107. The molecule has 6 heteroatoms.